The van der Waals surface area contributed by atoms with Crippen molar-refractivity contribution in [3.05, 3.63) is 42.2 Å². The maximum absolute atomic E-state index is 5.71. The summed E-state index contributed by atoms with van der Waals surface area (Å²) in [5, 5.41) is 10.9. The molecule has 0 unspecified atom stereocenters. The molecule has 1 aromatic heterocycles. The zero-order chi connectivity index (χ0) is 21.1. The first-order valence-electron chi connectivity index (χ1n) is 10.3. The van der Waals surface area contributed by atoms with Gasteiger partial charge in [-0.05, 0) is 56.5 Å². The van der Waals surface area contributed by atoms with Gasteiger partial charge in [0.05, 0.1) is 18.3 Å². The second-order valence-corrected chi connectivity index (χ2v) is 7.68. The van der Waals surface area contributed by atoms with Crippen LogP contribution in [0, 0.1) is 5.92 Å². The van der Waals surface area contributed by atoms with Gasteiger partial charge in [-0.25, -0.2) is 4.99 Å². The minimum absolute atomic E-state index is 0.157. The van der Waals surface area contributed by atoms with Crippen molar-refractivity contribution < 1.29 is 9.47 Å². The van der Waals surface area contributed by atoms with Crippen LogP contribution in [-0.4, -0.2) is 41.6 Å². The van der Waals surface area contributed by atoms with E-state index in [1.165, 1.54) is 0 Å². The molecule has 1 aromatic carbocycles. The van der Waals surface area contributed by atoms with Gasteiger partial charge in [-0.15, -0.1) is 0 Å². The smallest absolute Gasteiger partial charge is 0.196 e. The zero-order valence-electron chi connectivity index (χ0n) is 18.3. The number of aryl methyl sites for hydroxylation is 1. The summed E-state index contributed by atoms with van der Waals surface area (Å²) in [4.78, 5) is 4.70. The van der Waals surface area contributed by atoms with Crippen molar-refractivity contribution in [1.82, 2.24) is 15.1 Å². The molecule has 0 atom stereocenters. The number of aromatic nitrogens is 2. The van der Waals surface area contributed by atoms with Gasteiger partial charge in [0.25, 0.3) is 0 Å². The molecule has 29 heavy (non-hydrogen) atoms. The first-order chi connectivity index (χ1) is 13.9. The molecule has 0 aliphatic carbocycles. The predicted molar refractivity (Wildman–Crippen MR) is 118 cm³/mol. The van der Waals surface area contributed by atoms with E-state index in [9.17, 15) is 0 Å². The molecule has 0 aliphatic rings. The molecular weight excluding hydrogens is 366 g/mol. The van der Waals surface area contributed by atoms with Crippen LogP contribution in [0.3, 0.4) is 0 Å². The Balaban J connectivity index is 1.93. The van der Waals surface area contributed by atoms with E-state index in [0.717, 1.165) is 49.3 Å². The molecule has 2 aromatic rings. The van der Waals surface area contributed by atoms with Crippen LogP contribution in [-0.2, 0) is 18.3 Å². The molecule has 0 bridgehead atoms. The van der Waals surface area contributed by atoms with Crippen LogP contribution < -0.4 is 15.4 Å². The summed E-state index contributed by atoms with van der Waals surface area (Å²) in [7, 11) is 1.92. The Morgan fingerprint density at radius 3 is 2.52 bits per heavy atom. The Kier molecular flexibility index (Phi) is 9.50. The number of nitrogens with one attached hydrogen (secondary N) is 2. The Morgan fingerprint density at radius 1 is 1.14 bits per heavy atom. The number of guanidine groups is 1. The Bertz CT molecular complexity index is 738. The number of benzene rings is 1. The van der Waals surface area contributed by atoms with E-state index >= 15 is 0 Å². The lowest BCUT2D eigenvalue weighted by Gasteiger charge is -2.14. The molecule has 0 spiro atoms. The summed E-state index contributed by atoms with van der Waals surface area (Å²) < 4.78 is 13.2. The predicted octanol–water partition coefficient (Wildman–Crippen LogP) is 3.83. The number of anilines is 1. The molecule has 0 aliphatic heterocycles. The molecule has 1 heterocycles. The third kappa shape index (κ3) is 9.00. The molecule has 0 saturated heterocycles. The van der Waals surface area contributed by atoms with Crippen molar-refractivity contribution in [3.8, 4) is 5.75 Å². The van der Waals surface area contributed by atoms with Crippen LogP contribution in [0.25, 0.3) is 0 Å². The number of nitrogens with zero attached hydrogens (tertiary/aromatic N) is 3. The lowest BCUT2D eigenvalue weighted by Crippen LogP contribution is -2.32. The molecule has 0 saturated carbocycles. The van der Waals surface area contributed by atoms with Crippen molar-refractivity contribution in [2.75, 3.05) is 25.1 Å². The van der Waals surface area contributed by atoms with Gasteiger partial charge < -0.3 is 20.1 Å². The van der Waals surface area contributed by atoms with Gasteiger partial charge in [0, 0.05) is 38.7 Å². The largest absolute Gasteiger partial charge is 0.491 e. The van der Waals surface area contributed by atoms with Crippen molar-refractivity contribution in [2.45, 2.75) is 46.8 Å². The molecule has 2 rings (SSSR count). The van der Waals surface area contributed by atoms with E-state index < -0.39 is 0 Å². The molecule has 0 amide bonds. The van der Waals surface area contributed by atoms with Crippen molar-refractivity contribution in [1.29, 1.82) is 0 Å². The third-order valence-corrected chi connectivity index (χ3v) is 4.02. The first-order valence-corrected chi connectivity index (χ1v) is 10.3. The summed E-state index contributed by atoms with van der Waals surface area (Å²) in [5.41, 5.74) is 2.00. The van der Waals surface area contributed by atoms with Crippen LogP contribution in [0.15, 0.2) is 41.5 Å². The second-order valence-electron chi connectivity index (χ2n) is 7.68. The highest BCUT2D eigenvalue weighted by molar-refractivity contribution is 5.93. The Hall–Kier alpha value is -2.54. The van der Waals surface area contributed by atoms with E-state index in [0.29, 0.717) is 12.5 Å². The third-order valence-electron chi connectivity index (χ3n) is 4.02. The summed E-state index contributed by atoms with van der Waals surface area (Å²) in [6.07, 6.45) is 2.86. The maximum Gasteiger partial charge on any atom is 0.196 e. The lowest BCUT2D eigenvalue weighted by molar-refractivity contribution is 0.108. The van der Waals surface area contributed by atoms with E-state index in [2.05, 4.69) is 29.6 Å². The highest BCUT2D eigenvalue weighted by Gasteiger charge is 2.04. The molecule has 0 fully saturated rings. The Morgan fingerprint density at radius 2 is 1.90 bits per heavy atom. The number of hydrogen-bond donors (Lipinski definition) is 2. The second kappa shape index (κ2) is 12.1. The fourth-order valence-corrected chi connectivity index (χ4v) is 2.58. The van der Waals surface area contributed by atoms with Crippen LogP contribution in [0.4, 0.5) is 5.69 Å². The number of ether oxygens (including phenoxy) is 2. The van der Waals surface area contributed by atoms with Gasteiger partial charge in [0.2, 0.25) is 0 Å². The quantitative estimate of drug-likeness (QED) is 0.340. The summed E-state index contributed by atoms with van der Waals surface area (Å²) >= 11 is 0. The van der Waals surface area contributed by atoms with Crippen LogP contribution in [0.1, 0.15) is 39.8 Å². The highest BCUT2D eigenvalue weighted by atomic mass is 16.5. The maximum atomic E-state index is 5.71. The standard InChI is InChI=1S/C22H35N5O2/c1-17(2)16-28-14-6-12-23-22(24-15-20-11-13-25-27(20)5)26-19-7-9-21(10-8-19)29-18(3)4/h7-11,13,17-18H,6,12,14-16H2,1-5H3,(H2,23,24,26). The molecular formula is C22H35N5O2. The van der Waals surface area contributed by atoms with Gasteiger partial charge in [0.1, 0.15) is 5.75 Å². The average molecular weight is 402 g/mol. The summed E-state index contributed by atoms with van der Waals surface area (Å²) in [6.45, 7) is 11.2. The van der Waals surface area contributed by atoms with Crippen molar-refractivity contribution >= 4 is 11.6 Å². The summed E-state index contributed by atoms with van der Waals surface area (Å²) in [5.74, 6) is 2.14. The molecule has 7 nitrogen and oxygen atoms in total. The molecule has 160 valence electrons. The van der Waals surface area contributed by atoms with Gasteiger partial charge >= 0.3 is 0 Å². The normalized spacial score (nSPS) is 11.9. The van der Waals surface area contributed by atoms with Gasteiger partial charge in [0.15, 0.2) is 5.96 Å². The van der Waals surface area contributed by atoms with Crippen LogP contribution in [0.5, 0.6) is 5.75 Å². The fraction of sp³-hybridized carbons (Fsp3) is 0.545. The molecule has 2 N–H and O–H groups in total. The monoisotopic (exact) mass is 401 g/mol. The molecule has 7 heteroatoms. The zero-order valence-corrected chi connectivity index (χ0v) is 18.3. The molecule has 0 radical (unpaired) electrons. The fourth-order valence-electron chi connectivity index (χ4n) is 2.58. The van der Waals surface area contributed by atoms with Gasteiger partial charge in [-0.3, -0.25) is 4.68 Å². The lowest BCUT2D eigenvalue weighted by atomic mass is 10.2. The number of aliphatic imine (C=N–C) groups is 1. The van der Waals surface area contributed by atoms with Gasteiger partial charge in [-0.1, -0.05) is 13.8 Å². The van der Waals surface area contributed by atoms with Crippen molar-refractivity contribution in [2.24, 2.45) is 18.0 Å². The topological polar surface area (TPSA) is 72.7 Å². The highest BCUT2D eigenvalue weighted by Crippen LogP contribution is 2.17. The van der Waals surface area contributed by atoms with Crippen LogP contribution in [0.2, 0.25) is 0 Å². The first kappa shape index (κ1) is 22.7. The van der Waals surface area contributed by atoms with E-state index in [-0.39, 0.29) is 6.10 Å². The Labute approximate surface area is 174 Å². The van der Waals surface area contributed by atoms with Crippen LogP contribution >= 0.6 is 0 Å². The average Bonchev–Trinajstić information content (AvgIpc) is 3.08. The SMILES string of the molecule is CC(C)COCCCNC(=NCc1ccnn1C)Nc1ccc(OC(C)C)cc1. The summed E-state index contributed by atoms with van der Waals surface area (Å²) in [6, 6.07) is 9.87. The van der Waals surface area contributed by atoms with Crippen molar-refractivity contribution in [3.63, 3.8) is 0 Å². The van der Waals surface area contributed by atoms with E-state index in [4.69, 9.17) is 14.5 Å². The number of hydrogen-bond acceptors (Lipinski definition) is 4. The minimum atomic E-state index is 0.157. The van der Waals surface area contributed by atoms with E-state index in [1.54, 1.807) is 6.20 Å². The minimum Gasteiger partial charge on any atom is -0.491 e. The van der Waals surface area contributed by atoms with Gasteiger partial charge in [-0.2, -0.15) is 5.10 Å². The number of rotatable bonds is 11. The van der Waals surface area contributed by atoms with E-state index in [1.807, 2.05) is 55.9 Å².